The predicted molar refractivity (Wildman–Crippen MR) is 58.0 cm³/mol. The van der Waals surface area contributed by atoms with Crippen molar-refractivity contribution in [3.05, 3.63) is 42.2 Å². The van der Waals surface area contributed by atoms with E-state index in [-0.39, 0.29) is 5.78 Å². The molecule has 0 saturated heterocycles. The van der Waals surface area contributed by atoms with Gasteiger partial charge in [-0.1, -0.05) is 12.1 Å². The van der Waals surface area contributed by atoms with E-state index in [1.54, 1.807) is 29.2 Å². The summed E-state index contributed by atoms with van der Waals surface area (Å²) in [5.74, 6) is 0.0389. The van der Waals surface area contributed by atoms with Crippen LogP contribution in [0.4, 0.5) is 5.69 Å². The number of ketones is 1. The van der Waals surface area contributed by atoms with Crippen LogP contribution in [0.25, 0.3) is 5.69 Å². The number of benzene rings is 1. The molecule has 2 rings (SSSR count). The van der Waals surface area contributed by atoms with Gasteiger partial charge in [-0.15, -0.1) is 0 Å². The number of nitrogen functional groups attached to an aromatic ring is 1. The molecule has 0 aliphatic carbocycles. The Labute approximate surface area is 87.3 Å². The van der Waals surface area contributed by atoms with Crippen molar-refractivity contribution in [3.63, 3.8) is 0 Å². The van der Waals surface area contributed by atoms with Crippen LogP contribution in [0.1, 0.15) is 17.3 Å². The van der Waals surface area contributed by atoms with Crippen LogP contribution >= 0.6 is 0 Å². The highest BCUT2D eigenvalue weighted by Crippen LogP contribution is 2.11. The second-order valence-corrected chi connectivity index (χ2v) is 3.32. The van der Waals surface area contributed by atoms with E-state index in [0.717, 1.165) is 5.69 Å². The van der Waals surface area contributed by atoms with Crippen molar-refractivity contribution in [1.29, 1.82) is 0 Å². The topological polar surface area (TPSA) is 60.9 Å². The van der Waals surface area contributed by atoms with Crippen molar-refractivity contribution in [3.8, 4) is 5.69 Å². The lowest BCUT2D eigenvalue weighted by Crippen LogP contribution is -1.98. The number of nitrogens with two attached hydrogens (primary N) is 1. The molecule has 1 aromatic carbocycles. The zero-order valence-electron chi connectivity index (χ0n) is 8.34. The van der Waals surface area contributed by atoms with E-state index in [1.165, 1.54) is 6.92 Å². The first-order valence-corrected chi connectivity index (χ1v) is 4.58. The van der Waals surface area contributed by atoms with Gasteiger partial charge in [-0.3, -0.25) is 4.79 Å². The fourth-order valence-corrected chi connectivity index (χ4v) is 1.35. The number of nitrogens with zero attached hydrogens (tertiary/aromatic N) is 2. The molecule has 4 heteroatoms. The van der Waals surface area contributed by atoms with Crippen molar-refractivity contribution in [1.82, 2.24) is 9.78 Å². The van der Waals surface area contributed by atoms with Crippen LogP contribution in [0.3, 0.4) is 0 Å². The van der Waals surface area contributed by atoms with Crippen LogP contribution in [0.15, 0.2) is 36.7 Å². The number of hydrogen-bond donors (Lipinski definition) is 1. The molecular formula is C11H11N3O. The first-order chi connectivity index (χ1) is 7.16. The lowest BCUT2D eigenvalue weighted by Gasteiger charge is -2.02. The molecule has 76 valence electrons. The molecular weight excluding hydrogens is 190 g/mol. The third-order valence-corrected chi connectivity index (χ3v) is 2.12. The molecule has 1 heterocycles. The number of carbonyl (C=O) groups is 1. The van der Waals surface area contributed by atoms with Gasteiger partial charge in [0.15, 0.2) is 5.78 Å². The molecule has 1 aromatic heterocycles. The summed E-state index contributed by atoms with van der Waals surface area (Å²) in [7, 11) is 0. The maximum absolute atomic E-state index is 11.2. The SMILES string of the molecule is CC(=O)c1cccc(-n2cc(N)cn2)c1. The van der Waals surface area contributed by atoms with Gasteiger partial charge in [-0.2, -0.15) is 5.10 Å². The summed E-state index contributed by atoms with van der Waals surface area (Å²) < 4.78 is 1.64. The van der Waals surface area contributed by atoms with E-state index >= 15 is 0 Å². The molecule has 2 N–H and O–H groups in total. The number of hydrogen-bond acceptors (Lipinski definition) is 3. The number of rotatable bonds is 2. The Kier molecular flexibility index (Phi) is 2.25. The maximum Gasteiger partial charge on any atom is 0.159 e. The Morgan fingerprint density at radius 1 is 1.47 bits per heavy atom. The normalized spacial score (nSPS) is 10.2. The van der Waals surface area contributed by atoms with Gasteiger partial charge in [-0.25, -0.2) is 4.68 Å². The second kappa shape index (κ2) is 3.57. The van der Waals surface area contributed by atoms with Crippen LogP contribution in [0.2, 0.25) is 0 Å². The summed E-state index contributed by atoms with van der Waals surface area (Å²) in [5, 5.41) is 4.07. The smallest absolute Gasteiger partial charge is 0.159 e. The quantitative estimate of drug-likeness (QED) is 0.751. The summed E-state index contributed by atoms with van der Waals surface area (Å²) in [6, 6.07) is 7.26. The van der Waals surface area contributed by atoms with Crippen LogP contribution in [0, 0.1) is 0 Å². The molecule has 2 aromatic rings. The predicted octanol–water partition coefficient (Wildman–Crippen LogP) is 1.66. The molecule has 0 fully saturated rings. The molecule has 0 saturated carbocycles. The Balaban J connectivity index is 2.45. The third-order valence-electron chi connectivity index (χ3n) is 2.12. The van der Waals surface area contributed by atoms with E-state index in [4.69, 9.17) is 5.73 Å². The molecule has 0 amide bonds. The molecule has 0 unspecified atom stereocenters. The van der Waals surface area contributed by atoms with Crippen molar-refractivity contribution >= 4 is 11.5 Å². The van der Waals surface area contributed by atoms with E-state index in [1.807, 2.05) is 12.1 Å². The third kappa shape index (κ3) is 1.88. The monoisotopic (exact) mass is 201 g/mol. The first kappa shape index (κ1) is 9.45. The average molecular weight is 201 g/mol. The standard InChI is InChI=1S/C11H11N3O/c1-8(15)9-3-2-4-11(5-9)14-7-10(12)6-13-14/h2-7H,12H2,1H3. The average Bonchev–Trinajstić information content (AvgIpc) is 2.65. The maximum atomic E-state index is 11.2. The lowest BCUT2D eigenvalue weighted by molar-refractivity contribution is 0.101. The van der Waals surface area contributed by atoms with Crippen molar-refractivity contribution in [2.45, 2.75) is 6.92 Å². The summed E-state index contributed by atoms with van der Waals surface area (Å²) in [4.78, 5) is 11.2. The van der Waals surface area contributed by atoms with Gasteiger partial charge in [0.2, 0.25) is 0 Å². The highest BCUT2D eigenvalue weighted by Gasteiger charge is 2.02. The molecule has 0 aliphatic rings. The second-order valence-electron chi connectivity index (χ2n) is 3.32. The molecule has 0 spiro atoms. The largest absolute Gasteiger partial charge is 0.396 e. The molecule has 0 atom stereocenters. The van der Waals surface area contributed by atoms with Gasteiger partial charge in [-0.05, 0) is 19.1 Å². The van der Waals surface area contributed by atoms with E-state index in [2.05, 4.69) is 5.10 Å². The molecule has 0 aliphatic heterocycles. The summed E-state index contributed by atoms with van der Waals surface area (Å²) in [6.45, 7) is 1.54. The highest BCUT2D eigenvalue weighted by molar-refractivity contribution is 5.94. The van der Waals surface area contributed by atoms with E-state index in [9.17, 15) is 4.79 Å². The van der Waals surface area contributed by atoms with Gasteiger partial charge in [0, 0.05) is 5.56 Å². The fraction of sp³-hybridized carbons (Fsp3) is 0.0909. The van der Waals surface area contributed by atoms with Crippen LogP contribution in [0.5, 0.6) is 0 Å². The highest BCUT2D eigenvalue weighted by atomic mass is 16.1. The summed E-state index contributed by atoms with van der Waals surface area (Å²) in [5.41, 5.74) is 7.66. The summed E-state index contributed by atoms with van der Waals surface area (Å²) >= 11 is 0. The number of carbonyl (C=O) groups excluding carboxylic acids is 1. The van der Waals surface area contributed by atoms with E-state index in [0.29, 0.717) is 11.3 Å². The van der Waals surface area contributed by atoms with Crippen LogP contribution in [-0.2, 0) is 0 Å². The lowest BCUT2D eigenvalue weighted by atomic mass is 10.1. The minimum Gasteiger partial charge on any atom is -0.396 e. The van der Waals surface area contributed by atoms with Crippen molar-refractivity contribution in [2.24, 2.45) is 0 Å². The molecule has 4 nitrogen and oxygen atoms in total. The number of anilines is 1. The van der Waals surface area contributed by atoms with Gasteiger partial charge in [0.25, 0.3) is 0 Å². The molecule has 15 heavy (non-hydrogen) atoms. The van der Waals surface area contributed by atoms with Crippen LogP contribution < -0.4 is 5.73 Å². The Bertz CT molecular complexity index is 502. The summed E-state index contributed by atoms with van der Waals surface area (Å²) in [6.07, 6.45) is 3.28. The minimum atomic E-state index is 0.0389. The Morgan fingerprint density at radius 2 is 2.27 bits per heavy atom. The Hall–Kier alpha value is -2.10. The van der Waals surface area contributed by atoms with Gasteiger partial charge in [0.1, 0.15) is 0 Å². The number of Topliss-reactive ketones (excluding diaryl/α,β-unsaturated/α-hetero) is 1. The molecule has 0 bridgehead atoms. The number of aromatic nitrogens is 2. The van der Waals surface area contributed by atoms with Gasteiger partial charge >= 0.3 is 0 Å². The minimum absolute atomic E-state index is 0.0389. The first-order valence-electron chi connectivity index (χ1n) is 4.58. The van der Waals surface area contributed by atoms with E-state index < -0.39 is 0 Å². The van der Waals surface area contributed by atoms with Crippen molar-refractivity contribution in [2.75, 3.05) is 5.73 Å². The zero-order valence-corrected chi connectivity index (χ0v) is 8.34. The van der Waals surface area contributed by atoms with Gasteiger partial charge in [0.05, 0.1) is 23.8 Å². The fourth-order valence-electron chi connectivity index (χ4n) is 1.35. The molecule has 0 radical (unpaired) electrons. The van der Waals surface area contributed by atoms with Crippen molar-refractivity contribution < 1.29 is 4.79 Å². The zero-order chi connectivity index (χ0) is 10.8. The van der Waals surface area contributed by atoms with Crippen LogP contribution in [-0.4, -0.2) is 15.6 Å². The van der Waals surface area contributed by atoms with Gasteiger partial charge < -0.3 is 5.73 Å². The Morgan fingerprint density at radius 3 is 2.87 bits per heavy atom.